The minimum atomic E-state index is -0.714. The Morgan fingerprint density at radius 3 is 2.30 bits per heavy atom. The summed E-state index contributed by atoms with van der Waals surface area (Å²) >= 11 is 0. The molecule has 0 bridgehead atoms. The number of ketones is 1. The van der Waals surface area contributed by atoms with Crippen LogP contribution in [-0.2, 0) is 9.53 Å². The van der Waals surface area contributed by atoms with E-state index >= 15 is 0 Å². The van der Waals surface area contributed by atoms with E-state index in [0.29, 0.717) is 36.2 Å². The molecule has 2 heterocycles. The van der Waals surface area contributed by atoms with Gasteiger partial charge in [0.15, 0.2) is 0 Å². The fraction of sp³-hybridized carbons (Fsp3) is 0.435. The standard InChI is InChI=1S/C23H27FN2O4/c1-5-30-23(29)18-15(4)25-20(19(18)16-6-8-17(24)9-7-16)21(27)22(28)26-11-13(2)10-14(3)12-26/h6-9,13-14,25H,5,10-12H2,1-4H3/t13-,14-/m1/s1. The van der Waals surface area contributed by atoms with Crippen LogP contribution in [0.3, 0.4) is 0 Å². The number of benzene rings is 1. The molecule has 1 aromatic carbocycles. The third-order valence-electron chi connectivity index (χ3n) is 5.38. The Bertz CT molecular complexity index is 954. The van der Waals surface area contributed by atoms with Crippen LogP contribution in [0.4, 0.5) is 4.39 Å². The minimum absolute atomic E-state index is 0.0260. The molecule has 0 unspecified atom stereocenters. The van der Waals surface area contributed by atoms with Gasteiger partial charge in [0.05, 0.1) is 12.2 Å². The topological polar surface area (TPSA) is 79.5 Å². The van der Waals surface area contributed by atoms with Crippen molar-refractivity contribution in [3.63, 3.8) is 0 Å². The summed E-state index contributed by atoms with van der Waals surface area (Å²) in [7, 11) is 0. The fourth-order valence-electron chi connectivity index (χ4n) is 4.24. The number of halogens is 1. The van der Waals surface area contributed by atoms with Crippen molar-refractivity contribution in [3.05, 3.63) is 47.0 Å². The lowest BCUT2D eigenvalue weighted by Gasteiger charge is -2.34. The van der Waals surface area contributed by atoms with Crippen LogP contribution in [-0.4, -0.2) is 47.2 Å². The third-order valence-corrected chi connectivity index (χ3v) is 5.38. The van der Waals surface area contributed by atoms with Crippen molar-refractivity contribution in [2.75, 3.05) is 19.7 Å². The predicted octanol–water partition coefficient (Wildman–Crippen LogP) is 3.99. The van der Waals surface area contributed by atoms with Gasteiger partial charge in [-0.25, -0.2) is 9.18 Å². The lowest BCUT2D eigenvalue weighted by Crippen LogP contribution is -2.45. The second-order valence-electron chi connectivity index (χ2n) is 8.09. The van der Waals surface area contributed by atoms with E-state index < -0.39 is 23.5 Å². The molecule has 1 aromatic heterocycles. The molecule has 1 amide bonds. The zero-order valence-electron chi connectivity index (χ0n) is 17.8. The molecule has 0 saturated carbocycles. The highest BCUT2D eigenvalue weighted by atomic mass is 19.1. The summed E-state index contributed by atoms with van der Waals surface area (Å²) < 4.78 is 18.6. The number of piperidine rings is 1. The number of aryl methyl sites for hydroxylation is 1. The van der Waals surface area contributed by atoms with Crippen molar-refractivity contribution in [2.45, 2.75) is 34.1 Å². The van der Waals surface area contributed by atoms with Crippen LogP contribution in [0.15, 0.2) is 24.3 Å². The van der Waals surface area contributed by atoms with Crippen molar-refractivity contribution >= 4 is 17.7 Å². The van der Waals surface area contributed by atoms with Gasteiger partial charge in [-0.15, -0.1) is 0 Å². The monoisotopic (exact) mass is 414 g/mol. The maximum Gasteiger partial charge on any atom is 0.340 e. The number of Topliss-reactive ketones (excluding diaryl/α,β-unsaturated/α-hetero) is 1. The van der Waals surface area contributed by atoms with Crippen LogP contribution in [0.5, 0.6) is 0 Å². The maximum absolute atomic E-state index is 13.5. The Hall–Kier alpha value is -2.96. The van der Waals surface area contributed by atoms with Crippen molar-refractivity contribution in [3.8, 4) is 11.1 Å². The molecule has 1 saturated heterocycles. The highest BCUT2D eigenvalue weighted by molar-refractivity contribution is 6.43. The Morgan fingerprint density at radius 2 is 1.73 bits per heavy atom. The maximum atomic E-state index is 13.5. The number of nitrogens with one attached hydrogen (secondary N) is 1. The number of ether oxygens (including phenoxy) is 1. The normalized spacial score (nSPS) is 18.9. The van der Waals surface area contributed by atoms with Gasteiger partial charge in [0.1, 0.15) is 11.5 Å². The highest BCUT2D eigenvalue weighted by Gasteiger charge is 2.34. The van der Waals surface area contributed by atoms with Crippen molar-refractivity contribution in [1.29, 1.82) is 0 Å². The first kappa shape index (κ1) is 21.7. The SMILES string of the molecule is CCOC(=O)c1c(C)[nH]c(C(=O)C(=O)N2C[C@H](C)C[C@@H](C)C2)c1-c1ccc(F)cc1. The molecule has 3 rings (SSSR count). The first-order valence-corrected chi connectivity index (χ1v) is 10.2. The number of carbonyl (C=O) groups is 3. The van der Waals surface area contributed by atoms with Gasteiger partial charge in [-0.3, -0.25) is 9.59 Å². The number of carbonyl (C=O) groups excluding carboxylic acids is 3. The summed E-state index contributed by atoms with van der Waals surface area (Å²) in [6.07, 6.45) is 1.01. The number of esters is 1. The largest absolute Gasteiger partial charge is 0.462 e. The summed E-state index contributed by atoms with van der Waals surface area (Å²) in [6, 6.07) is 5.45. The lowest BCUT2D eigenvalue weighted by atomic mass is 9.91. The number of amides is 1. The molecule has 0 radical (unpaired) electrons. The van der Waals surface area contributed by atoms with Gasteiger partial charge in [0, 0.05) is 24.3 Å². The molecule has 0 spiro atoms. The van der Waals surface area contributed by atoms with Gasteiger partial charge >= 0.3 is 5.97 Å². The van der Waals surface area contributed by atoms with Crippen LogP contribution in [0.1, 0.15) is 53.7 Å². The van der Waals surface area contributed by atoms with Crippen molar-refractivity contribution in [1.82, 2.24) is 9.88 Å². The molecule has 1 fully saturated rings. The Balaban J connectivity index is 2.06. The van der Waals surface area contributed by atoms with E-state index in [2.05, 4.69) is 18.8 Å². The molecule has 7 heteroatoms. The number of hydrogen-bond donors (Lipinski definition) is 1. The molecular formula is C23H27FN2O4. The molecule has 160 valence electrons. The zero-order valence-corrected chi connectivity index (χ0v) is 17.8. The number of H-pyrrole nitrogens is 1. The van der Waals surface area contributed by atoms with Gasteiger partial charge in [-0.2, -0.15) is 0 Å². The number of likely N-dealkylation sites (tertiary alicyclic amines) is 1. The Labute approximate surface area is 175 Å². The van der Waals surface area contributed by atoms with E-state index in [1.165, 1.54) is 24.3 Å². The zero-order chi connectivity index (χ0) is 22.0. The molecule has 1 aliphatic heterocycles. The smallest absolute Gasteiger partial charge is 0.340 e. The first-order valence-electron chi connectivity index (χ1n) is 10.2. The number of nitrogens with zero attached hydrogens (tertiary/aromatic N) is 1. The van der Waals surface area contributed by atoms with Crippen LogP contribution in [0, 0.1) is 24.6 Å². The lowest BCUT2D eigenvalue weighted by molar-refractivity contribution is -0.129. The van der Waals surface area contributed by atoms with E-state index in [1.54, 1.807) is 18.7 Å². The molecule has 30 heavy (non-hydrogen) atoms. The quantitative estimate of drug-likeness (QED) is 0.456. The highest BCUT2D eigenvalue weighted by Crippen LogP contribution is 2.32. The van der Waals surface area contributed by atoms with Crippen LogP contribution in [0.25, 0.3) is 11.1 Å². The summed E-state index contributed by atoms with van der Waals surface area (Å²) in [5.74, 6) is -1.74. The second kappa shape index (κ2) is 8.81. The summed E-state index contributed by atoms with van der Waals surface area (Å²) in [6.45, 7) is 8.65. The van der Waals surface area contributed by atoms with E-state index in [0.717, 1.165) is 6.42 Å². The molecule has 6 nitrogen and oxygen atoms in total. The number of aromatic nitrogens is 1. The molecule has 1 aliphatic rings. The van der Waals surface area contributed by atoms with Crippen molar-refractivity contribution < 1.29 is 23.5 Å². The van der Waals surface area contributed by atoms with Crippen molar-refractivity contribution in [2.24, 2.45) is 11.8 Å². The van der Waals surface area contributed by atoms with E-state index in [-0.39, 0.29) is 23.4 Å². The molecule has 0 aliphatic carbocycles. The van der Waals surface area contributed by atoms with E-state index in [1.807, 2.05) is 0 Å². The Morgan fingerprint density at radius 1 is 1.13 bits per heavy atom. The Kier molecular flexibility index (Phi) is 6.39. The fourth-order valence-corrected chi connectivity index (χ4v) is 4.24. The first-order chi connectivity index (χ1) is 14.2. The number of rotatable bonds is 5. The average molecular weight is 414 g/mol. The molecular weight excluding hydrogens is 387 g/mol. The van der Waals surface area contributed by atoms with E-state index in [4.69, 9.17) is 4.74 Å². The molecule has 1 N–H and O–H groups in total. The van der Waals surface area contributed by atoms with Crippen LogP contribution >= 0.6 is 0 Å². The summed E-state index contributed by atoms with van der Waals surface area (Å²) in [5.41, 5.74) is 1.35. The average Bonchev–Trinajstić information content (AvgIpc) is 3.04. The predicted molar refractivity (Wildman–Crippen MR) is 111 cm³/mol. The number of aromatic amines is 1. The van der Waals surface area contributed by atoms with Gasteiger partial charge in [0.2, 0.25) is 0 Å². The summed E-state index contributed by atoms with van der Waals surface area (Å²) in [5, 5.41) is 0. The van der Waals surface area contributed by atoms with E-state index in [9.17, 15) is 18.8 Å². The van der Waals surface area contributed by atoms with Crippen LogP contribution in [0.2, 0.25) is 0 Å². The molecule has 2 atom stereocenters. The van der Waals surface area contributed by atoms with Gasteiger partial charge in [0.25, 0.3) is 11.7 Å². The molecule has 2 aromatic rings. The third kappa shape index (κ3) is 4.30. The number of hydrogen-bond acceptors (Lipinski definition) is 4. The minimum Gasteiger partial charge on any atom is -0.462 e. The van der Waals surface area contributed by atoms with Gasteiger partial charge in [-0.1, -0.05) is 26.0 Å². The van der Waals surface area contributed by atoms with Gasteiger partial charge in [-0.05, 0) is 49.8 Å². The second-order valence-corrected chi connectivity index (χ2v) is 8.09. The van der Waals surface area contributed by atoms with Gasteiger partial charge < -0.3 is 14.6 Å². The summed E-state index contributed by atoms with van der Waals surface area (Å²) in [4.78, 5) is 43.3. The van der Waals surface area contributed by atoms with Crippen LogP contribution < -0.4 is 0 Å².